The van der Waals surface area contributed by atoms with Crippen molar-refractivity contribution < 1.29 is 23.5 Å². The molecule has 5 heteroatoms. The number of hydrogen-bond acceptors (Lipinski definition) is 4. The average Bonchev–Trinajstić information content (AvgIpc) is 2.87. The Labute approximate surface area is 207 Å². The molecule has 0 aliphatic heterocycles. The Morgan fingerprint density at radius 3 is 2.23 bits per heavy atom. The summed E-state index contributed by atoms with van der Waals surface area (Å²) in [6.07, 6.45) is 3.39. The van der Waals surface area contributed by atoms with Gasteiger partial charge in [-0.3, -0.25) is 4.79 Å². The van der Waals surface area contributed by atoms with Crippen molar-refractivity contribution in [3.8, 4) is 11.8 Å². The van der Waals surface area contributed by atoms with E-state index in [0.717, 1.165) is 47.9 Å². The first-order chi connectivity index (χ1) is 16.8. The van der Waals surface area contributed by atoms with Gasteiger partial charge in [-0.2, -0.15) is 0 Å². The molecule has 0 aromatic heterocycles. The predicted molar refractivity (Wildman–Crippen MR) is 135 cm³/mol. The highest BCUT2D eigenvalue weighted by atomic mass is 19.1. The lowest BCUT2D eigenvalue weighted by Crippen LogP contribution is -2.31. The van der Waals surface area contributed by atoms with Gasteiger partial charge in [0, 0.05) is 11.1 Å². The van der Waals surface area contributed by atoms with Crippen molar-refractivity contribution in [3.05, 3.63) is 75.6 Å². The van der Waals surface area contributed by atoms with Gasteiger partial charge in [0.15, 0.2) is 0 Å². The second kappa shape index (κ2) is 11.4. The first kappa shape index (κ1) is 26.2. The number of esters is 2. The van der Waals surface area contributed by atoms with Crippen LogP contribution in [0, 0.1) is 17.7 Å². The van der Waals surface area contributed by atoms with Gasteiger partial charge < -0.3 is 9.47 Å². The van der Waals surface area contributed by atoms with Crippen molar-refractivity contribution in [2.75, 3.05) is 13.7 Å². The minimum absolute atomic E-state index is 0.0734. The number of methoxy groups -OCH3 is 1. The maximum absolute atomic E-state index is 14.4. The number of carbonyl (C=O) groups excluding carboxylic acids is 2. The van der Waals surface area contributed by atoms with Gasteiger partial charge in [0.2, 0.25) is 0 Å². The number of allylic oxidation sites excluding steroid dienone is 1. The van der Waals surface area contributed by atoms with Gasteiger partial charge in [0.1, 0.15) is 5.82 Å². The van der Waals surface area contributed by atoms with Crippen LogP contribution in [-0.2, 0) is 30.9 Å². The van der Waals surface area contributed by atoms with Crippen molar-refractivity contribution in [1.29, 1.82) is 0 Å². The van der Waals surface area contributed by atoms with Crippen LogP contribution >= 0.6 is 0 Å². The van der Waals surface area contributed by atoms with Gasteiger partial charge in [-0.15, -0.1) is 0 Å². The Morgan fingerprint density at radius 2 is 1.66 bits per heavy atom. The van der Waals surface area contributed by atoms with E-state index in [0.29, 0.717) is 17.7 Å². The third kappa shape index (κ3) is 5.48. The van der Waals surface area contributed by atoms with E-state index in [2.05, 4.69) is 43.4 Å². The van der Waals surface area contributed by atoms with Crippen LogP contribution in [0.5, 0.6) is 0 Å². The highest BCUT2D eigenvalue weighted by Gasteiger charge is 2.39. The summed E-state index contributed by atoms with van der Waals surface area (Å²) in [5.41, 5.74) is 5.40. The Bertz CT molecular complexity index is 1210. The van der Waals surface area contributed by atoms with Crippen LogP contribution in [0.4, 0.5) is 4.39 Å². The van der Waals surface area contributed by atoms with Crippen molar-refractivity contribution >= 4 is 17.5 Å². The molecule has 0 spiro atoms. The Balaban J connectivity index is 2.03. The molecule has 0 N–H and O–H groups in total. The first-order valence-corrected chi connectivity index (χ1v) is 12.2. The van der Waals surface area contributed by atoms with Crippen LogP contribution in [0.1, 0.15) is 81.2 Å². The fourth-order valence-electron chi connectivity index (χ4n) is 4.84. The number of halogens is 1. The summed E-state index contributed by atoms with van der Waals surface area (Å²) >= 11 is 0. The predicted octanol–water partition coefficient (Wildman–Crippen LogP) is 6.13. The van der Waals surface area contributed by atoms with Gasteiger partial charge in [0.25, 0.3) is 0 Å². The lowest BCUT2D eigenvalue weighted by molar-refractivity contribution is -0.140. The molecule has 0 radical (unpaired) electrons. The van der Waals surface area contributed by atoms with Crippen molar-refractivity contribution in [3.63, 3.8) is 0 Å². The second-order valence-corrected chi connectivity index (χ2v) is 8.79. The number of ether oxygens (including phenoxy) is 2. The Hall–Kier alpha value is -3.39. The molecule has 35 heavy (non-hydrogen) atoms. The molecule has 0 fully saturated rings. The summed E-state index contributed by atoms with van der Waals surface area (Å²) in [7, 11) is 1.28. The quantitative estimate of drug-likeness (QED) is 0.356. The normalized spacial score (nSPS) is 14.0. The summed E-state index contributed by atoms with van der Waals surface area (Å²) in [6, 6.07) is 10.5. The third-order valence-electron chi connectivity index (χ3n) is 6.99. The van der Waals surface area contributed by atoms with Gasteiger partial charge in [-0.1, -0.05) is 50.3 Å². The molecule has 184 valence electrons. The van der Waals surface area contributed by atoms with E-state index < -0.39 is 11.8 Å². The van der Waals surface area contributed by atoms with Crippen molar-refractivity contribution in [1.82, 2.24) is 0 Å². The summed E-state index contributed by atoms with van der Waals surface area (Å²) in [4.78, 5) is 24.3. The van der Waals surface area contributed by atoms with Crippen LogP contribution in [0.15, 0.2) is 42.0 Å². The van der Waals surface area contributed by atoms with Crippen molar-refractivity contribution in [2.24, 2.45) is 0 Å². The van der Waals surface area contributed by atoms with Gasteiger partial charge in [-0.25, -0.2) is 9.18 Å². The Kier molecular flexibility index (Phi) is 8.51. The first-order valence-electron chi connectivity index (χ1n) is 12.2. The van der Waals surface area contributed by atoms with Crippen LogP contribution < -0.4 is 0 Å². The van der Waals surface area contributed by atoms with E-state index >= 15 is 0 Å². The van der Waals surface area contributed by atoms with Crippen LogP contribution in [0.3, 0.4) is 0 Å². The minimum atomic E-state index is -0.491. The molecule has 2 aromatic carbocycles. The fraction of sp³-hybridized carbons (Fsp3) is 0.400. The zero-order chi connectivity index (χ0) is 25.6. The molecule has 0 heterocycles. The maximum Gasteiger partial charge on any atom is 0.338 e. The molecular weight excluding hydrogens is 443 g/mol. The lowest BCUT2D eigenvalue weighted by Gasteiger charge is -2.40. The number of fused-ring (bicyclic) bond motifs is 1. The SMILES string of the molecule is CCOC(=O)C1=C(CC)CC(CC)(CC)c2cc(C#Cc3ccc(CC(=O)OC)c(F)c3)ccc21. The zero-order valence-corrected chi connectivity index (χ0v) is 21.2. The van der Waals surface area contributed by atoms with E-state index in [-0.39, 0.29) is 23.4 Å². The summed E-state index contributed by atoms with van der Waals surface area (Å²) in [5, 5.41) is 0. The summed E-state index contributed by atoms with van der Waals surface area (Å²) in [5.74, 6) is 4.93. The zero-order valence-electron chi connectivity index (χ0n) is 21.2. The molecule has 0 bridgehead atoms. The molecule has 3 rings (SSSR count). The molecule has 1 aliphatic rings. The van der Waals surface area contributed by atoms with Crippen LogP contribution in [-0.4, -0.2) is 25.7 Å². The lowest BCUT2D eigenvalue weighted by atomic mass is 9.64. The van der Waals surface area contributed by atoms with E-state index in [9.17, 15) is 14.0 Å². The standard InChI is InChI=1S/C30H33FO4/c1-6-22-19-30(7-2,8-3)25-16-20(13-15-24(25)28(22)29(33)35-9-4)10-11-21-12-14-23(26(31)17-21)18-27(32)34-5/h12-17H,6-9,18-19H2,1-5H3. The molecule has 4 nitrogen and oxygen atoms in total. The van der Waals surface area contributed by atoms with Crippen molar-refractivity contribution in [2.45, 2.75) is 65.2 Å². The van der Waals surface area contributed by atoms with Gasteiger partial charge >= 0.3 is 11.9 Å². The van der Waals surface area contributed by atoms with E-state index in [4.69, 9.17) is 4.74 Å². The molecule has 0 saturated heterocycles. The van der Waals surface area contributed by atoms with Gasteiger partial charge in [-0.05, 0) is 79.0 Å². The molecule has 0 unspecified atom stereocenters. The van der Waals surface area contributed by atoms with Crippen LogP contribution in [0.25, 0.3) is 5.57 Å². The van der Waals surface area contributed by atoms with E-state index in [1.165, 1.54) is 13.2 Å². The molecule has 1 aliphatic carbocycles. The molecule has 0 saturated carbocycles. The van der Waals surface area contributed by atoms with Gasteiger partial charge in [0.05, 0.1) is 25.7 Å². The second-order valence-electron chi connectivity index (χ2n) is 8.79. The molecule has 2 aromatic rings. The Morgan fingerprint density at radius 1 is 1.00 bits per heavy atom. The highest BCUT2D eigenvalue weighted by Crippen LogP contribution is 2.48. The molecular formula is C30H33FO4. The topological polar surface area (TPSA) is 52.6 Å². The monoisotopic (exact) mass is 476 g/mol. The molecule has 0 amide bonds. The smallest absolute Gasteiger partial charge is 0.338 e. The third-order valence-corrected chi connectivity index (χ3v) is 6.99. The van der Waals surface area contributed by atoms with E-state index in [1.54, 1.807) is 12.1 Å². The fourth-order valence-corrected chi connectivity index (χ4v) is 4.84. The summed E-state index contributed by atoms with van der Waals surface area (Å²) in [6.45, 7) is 8.62. The summed E-state index contributed by atoms with van der Waals surface area (Å²) < 4.78 is 24.4. The average molecular weight is 477 g/mol. The van der Waals surface area contributed by atoms with E-state index in [1.807, 2.05) is 19.1 Å². The highest BCUT2D eigenvalue weighted by molar-refractivity contribution is 6.18. The van der Waals surface area contributed by atoms with Crippen LogP contribution in [0.2, 0.25) is 0 Å². The number of benzene rings is 2. The maximum atomic E-state index is 14.4. The largest absolute Gasteiger partial charge is 0.469 e. The number of hydrogen-bond donors (Lipinski definition) is 0. The minimum Gasteiger partial charge on any atom is -0.469 e. The molecule has 0 atom stereocenters. The number of carbonyl (C=O) groups is 2. The number of rotatable bonds is 7.